The van der Waals surface area contributed by atoms with Gasteiger partial charge in [-0.25, -0.2) is 4.39 Å². The molecule has 0 bridgehead atoms. The predicted octanol–water partition coefficient (Wildman–Crippen LogP) is 1.36. The molecule has 0 spiro atoms. The molecule has 0 fully saturated rings. The molecule has 0 unspecified atom stereocenters. The number of phenols is 1. The molecule has 0 saturated heterocycles. The average molecular weight is 180 g/mol. The van der Waals surface area contributed by atoms with Gasteiger partial charge < -0.3 is 10.8 Å². The van der Waals surface area contributed by atoms with Crippen molar-refractivity contribution in [1.29, 1.82) is 5.26 Å². The fourth-order valence-electron chi connectivity index (χ4n) is 1.05. The van der Waals surface area contributed by atoms with E-state index in [2.05, 4.69) is 0 Å². The number of halogens is 1. The summed E-state index contributed by atoms with van der Waals surface area (Å²) in [6.07, 6.45) is 0. The largest absolute Gasteiger partial charge is 0.507 e. The number of aromatic hydroxyl groups is 1. The molecule has 0 amide bonds. The maximum Gasteiger partial charge on any atom is 0.132 e. The molecule has 3 nitrogen and oxygen atoms in total. The number of hydrogen-bond donors (Lipinski definition) is 2. The Hall–Kier alpha value is -1.60. The van der Waals surface area contributed by atoms with Gasteiger partial charge in [0.25, 0.3) is 0 Å². The first-order valence-corrected chi connectivity index (χ1v) is 3.71. The Bertz CT molecular complexity index is 371. The van der Waals surface area contributed by atoms with Gasteiger partial charge in [0.2, 0.25) is 0 Å². The van der Waals surface area contributed by atoms with Crippen molar-refractivity contribution in [3.8, 4) is 11.8 Å². The predicted molar refractivity (Wildman–Crippen MR) is 45.3 cm³/mol. The molecule has 0 aliphatic carbocycles. The maximum absolute atomic E-state index is 13.1. The minimum Gasteiger partial charge on any atom is -0.507 e. The normalized spacial score (nSPS) is 12.2. The van der Waals surface area contributed by atoms with Gasteiger partial charge in [0, 0.05) is 0 Å². The van der Waals surface area contributed by atoms with Crippen molar-refractivity contribution >= 4 is 0 Å². The molecule has 0 heterocycles. The second-order valence-corrected chi connectivity index (χ2v) is 2.73. The number of rotatable bonds is 1. The fraction of sp³-hybridized carbons (Fsp3) is 0.222. The molecule has 68 valence electrons. The molecular weight excluding hydrogens is 171 g/mol. The van der Waals surface area contributed by atoms with Crippen molar-refractivity contribution in [3.05, 3.63) is 29.1 Å². The zero-order chi connectivity index (χ0) is 10.0. The molecular formula is C9H9FN2O. The van der Waals surface area contributed by atoms with Crippen LogP contribution in [0.5, 0.6) is 5.75 Å². The van der Waals surface area contributed by atoms with Gasteiger partial charge in [0.1, 0.15) is 17.6 Å². The van der Waals surface area contributed by atoms with Gasteiger partial charge in [-0.2, -0.15) is 5.26 Å². The third kappa shape index (κ3) is 1.60. The summed E-state index contributed by atoms with van der Waals surface area (Å²) in [7, 11) is 0. The zero-order valence-electron chi connectivity index (χ0n) is 7.08. The Morgan fingerprint density at radius 3 is 2.77 bits per heavy atom. The summed E-state index contributed by atoms with van der Waals surface area (Å²) >= 11 is 0. The highest BCUT2D eigenvalue weighted by Gasteiger charge is 2.16. The standard InChI is InChI=1S/C9H9FN2O/c1-5-2-3-6(10)8(9(5)13)7(12)4-11/h2-3,7,13H,12H2,1H3/t7-/m1/s1. The summed E-state index contributed by atoms with van der Waals surface area (Å²) in [4.78, 5) is 0. The van der Waals surface area contributed by atoms with Crippen LogP contribution >= 0.6 is 0 Å². The Kier molecular flexibility index (Phi) is 2.49. The van der Waals surface area contributed by atoms with E-state index in [1.165, 1.54) is 12.1 Å². The van der Waals surface area contributed by atoms with E-state index >= 15 is 0 Å². The molecule has 0 aromatic heterocycles. The number of nitrogens with two attached hydrogens (primary N) is 1. The first kappa shape index (κ1) is 9.49. The minimum atomic E-state index is -1.13. The summed E-state index contributed by atoms with van der Waals surface area (Å²) < 4.78 is 13.1. The Labute approximate surface area is 75.2 Å². The number of phenolic OH excluding ortho intramolecular Hbond substituents is 1. The first-order chi connectivity index (χ1) is 6.07. The first-order valence-electron chi connectivity index (χ1n) is 3.71. The van der Waals surface area contributed by atoms with E-state index in [4.69, 9.17) is 11.0 Å². The van der Waals surface area contributed by atoms with Crippen LogP contribution in [-0.4, -0.2) is 5.11 Å². The lowest BCUT2D eigenvalue weighted by Crippen LogP contribution is -2.10. The molecule has 1 rings (SSSR count). The van der Waals surface area contributed by atoms with E-state index in [1.807, 2.05) is 0 Å². The lowest BCUT2D eigenvalue weighted by atomic mass is 10.0. The van der Waals surface area contributed by atoms with E-state index in [0.717, 1.165) is 0 Å². The van der Waals surface area contributed by atoms with E-state index in [0.29, 0.717) is 5.56 Å². The van der Waals surface area contributed by atoms with E-state index < -0.39 is 11.9 Å². The Morgan fingerprint density at radius 1 is 1.62 bits per heavy atom. The molecule has 0 aliphatic heterocycles. The molecule has 4 heteroatoms. The van der Waals surface area contributed by atoms with Gasteiger partial charge in [0.05, 0.1) is 11.6 Å². The molecule has 1 atom stereocenters. The summed E-state index contributed by atoms with van der Waals surface area (Å²) in [5, 5.41) is 17.9. The third-order valence-electron chi connectivity index (χ3n) is 1.82. The molecule has 0 saturated carbocycles. The molecule has 13 heavy (non-hydrogen) atoms. The smallest absolute Gasteiger partial charge is 0.132 e. The van der Waals surface area contributed by atoms with Gasteiger partial charge >= 0.3 is 0 Å². The monoisotopic (exact) mass is 180 g/mol. The topological polar surface area (TPSA) is 70.0 Å². The maximum atomic E-state index is 13.1. The lowest BCUT2D eigenvalue weighted by molar-refractivity contribution is 0.452. The summed E-state index contributed by atoms with van der Waals surface area (Å²) in [5.74, 6) is -0.897. The van der Waals surface area contributed by atoms with Crippen molar-refractivity contribution in [1.82, 2.24) is 0 Å². The Balaban J connectivity index is 3.35. The number of aryl methyl sites for hydroxylation is 1. The highest BCUT2D eigenvalue weighted by molar-refractivity contribution is 5.44. The zero-order valence-corrected chi connectivity index (χ0v) is 7.08. The number of nitrogens with zero attached hydrogens (tertiary/aromatic N) is 1. The average Bonchev–Trinajstić information content (AvgIpc) is 2.12. The highest BCUT2D eigenvalue weighted by atomic mass is 19.1. The van der Waals surface area contributed by atoms with Crippen molar-refractivity contribution in [2.45, 2.75) is 13.0 Å². The summed E-state index contributed by atoms with van der Waals surface area (Å²) in [6.45, 7) is 1.61. The second kappa shape index (κ2) is 3.42. The number of hydrogen-bond acceptors (Lipinski definition) is 3. The summed E-state index contributed by atoms with van der Waals surface area (Å²) in [6, 6.07) is 3.15. The van der Waals surface area contributed by atoms with Crippen LogP contribution in [0.4, 0.5) is 4.39 Å². The quantitative estimate of drug-likeness (QED) is 0.685. The molecule has 0 radical (unpaired) electrons. The van der Waals surface area contributed by atoms with Crippen LogP contribution in [0.3, 0.4) is 0 Å². The van der Waals surface area contributed by atoms with Crippen LogP contribution in [-0.2, 0) is 0 Å². The summed E-state index contributed by atoms with van der Waals surface area (Å²) in [5.41, 5.74) is 5.67. The lowest BCUT2D eigenvalue weighted by Gasteiger charge is -2.09. The third-order valence-corrected chi connectivity index (χ3v) is 1.82. The van der Waals surface area contributed by atoms with Crippen LogP contribution in [0.1, 0.15) is 17.2 Å². The SMILES string of the molecule is Cc1ccc(F)c([C@H](N)C#N)c1O. The highest BCUT2D eigenvalue weighted by Crippen LogP contribution is 2.28. The second-order valence-electron chi connectivity index (χ2n) is 2.73. The van der Waals surface area contributed by atoms with Crippen molar-refractivity contribution in [3.63, 3.8) is 0 Å². The van der Waals surface area contributed by atoms with E-state index in [1.54, 1.807) is 13.0 Å². The fourth-order valence-corrected chi connectivity index (χ4v) is 1.05. The van der Waals surface area contributed by atoms with Crippen molar-refractivity contribution in [2.24, 2.45) is 5.73 Å². The van der Waals surface area contributed by atoms with Crippen molar-refractivity contribution < 1.29 is 9.50 Å². The van der Waals surface area contributed by atoms with Crippen molar-refractivity contribution in [2.75, 3.05) is 0 Å². The van der Waals surface area contributed by atoms with Gasteiger partial charge in [-0.15, -0.1) is 0 Å². The van der Waals surface area contributed by atoms with Crippen LogP contribution in [0.25, 0.3) is 0 Å². The van der Waals surface area contributed by atoms with Crippen LogP contribution in [0.15, 0.2) is 12.1 Å². The van der Waals surface area contributed by atoms with Crippen LogP contribution < -0.4 is 5.73 Å². The number of benzene rings is 1. The van der Waals surface area contributed by atoms with Gasteiger partial charge in [-0.1, -0.05) is 6.07 Å². The molecule has 0 aliphatic rings. The van der Waals surface area contributed by atoms with Gasteiger partial charge in [0.15, 0.2) is 0 Å². The Morgan fingerprint density at radius 2 is 2.23 bits per heavy atom. The molecule has 1 aromatic carbocycles. The van der Waals surface area contributed by atoms with Crippen LogP contribution in [0.2, 0.25) is 0 Å². The number of nitriles is 1. The van der Waals surface area contributed by atoms with Crippen LogP contribution in [0, 0.1) is 24.1 Å². The van der Waals surface area contributed by atoms with E-state index in [9.17, 15) is 9.50 Å². The van der Waals surface area contributed by atoms with Gasteiger partial charge in [-0.3, -0.25) is 0 Å². The molecule has 1 aromatic rings. The van der Waals surface area contributed by atoms with E-state index in [-0.39, 0.29) is 11.3 Å². The van der Waals surface area contributed by atoms with Gasteiger partial charge in [-0.05, 0) is 18.6 Å². The minimum absolute atomic E-state index is 0.137. The molecule has 3 N–H and O–H groups in total.